The Morgan fingerprint density at radius 2 is 1.66 bits per heavy atom. The van der Waals surface area contributed by atoms with Crippen LogP contribution in [0.5, 0.6) is 11.5 Å². The molecule has 5 nitrogen and oxygen atoms in total. The maximum atomic E-state index is 5.94. The molecule has 0 saturated heterocycles. The Morgan fingerprint density at radius 3 is 2.41 bits per heavy atom. The van der Waals surface area contributed by atoms with Crippen molar-refractivity contribution < 1.29 is 9.47 Å². The molecule has 0 spiro atoms. The zero-order valence-corrected chi connectivity index (χ0v) is 17.2. The van der Waals surface area contributed by atoms with Gasteiger partial charge in [-0.25, -0.2) is 0 Å². The maximum Gasteiger partial charge on any atom is 0.180 e. The predicted molar refractivity (Wildman–Crippen MR) is 122 cm³/mol. The van der Waals surface area contributed by atoms with E-state index < -0.39 is 0 Å². The van der Waals surface area contributed by atoms with Crippen LogP contribution >= 0.6 is 11.8 Å². The third-order valence-electron chi connectivity index (χ3n) is 4.20. The zero-order valence-electron chi connectivity index (χ0n) is 16.4. The van der Waals surface area contributed by atoms with E-state index >= 15 is 0 Å². The molecular formula is C23H23N3O2S. The fraction of sp³-hybridized carbons (Fsp3) is 0.130. The van der Waals surface area contributed by atoms with Gasteiger partial charge in [-0.1, -0.05) is 66.4 Å². The highest BCUT2D eigenvalue weighted by atomic mass is 32.2. The molecule has 0 aromatic heterocycles. The van der Waals surface area contributed by atoms with E-state index in [1.54, 1.807) is 20.4 Å². The molecule has 0 atom stereocenters. The number of rotatable bonds is 7. The molecule has 0 saturated carbocycles. The van der Waals surface area contributed by atoms with Gasteiger partial charge in [-0.05, 0) is 40.5 Å². The van der Waals surface area contributed by atoms with E-state index in [1.165, 1.54) is 17.3 Å². The average Bonchev–Trinajstić information content (AvgIpc) is 2.78. The number of nitrogens with two attached hydrogens (primary N) is 1. The quantitative estimate of drug-likeness (QED) is 0.343. The molecule has 3 aromatic carbocycles. The van der Waals surface area contributed by atoms with E-state index in [9.17, 15) is 0 Å². The second kappa shape index (κ2) is 10.3. The van der Waals surface area contributed by atoms with Crippen molar-refractivity contribution in [2.75, 3.05) is 14.2 Å². The molecule has 148 valence electrons. The Morgan fingerprint density at radius 1 is 0.897 bits per heavy atom. The molecule has 6 heteroatoms. The zero-order chi connectivity index (χ0) is 20.5. The lowest BCUT2D eigenvalue weighted by Crippen LogP contribution is -2.05. The largest absolute Gasteiger partial charge is 0.493 e. The summed E-state index contributed by atoms with van der Waals surface area (Å²) < 4.78 is 10.7. The second-order valence-corrected chi connectivity index (χ2v) is 7.15. The summed E-state index contributed by atoms with van der Waals surface area (Å²) in [5.41, 5.74) is 10.1. The molecule has 0 heterocycles. The van der Waals surface area contributed by atoms with E-state index in [4.69, 9.17) is 15.2 Å². The molecule has 0 aliphatic carbocycles. The van der Waals surface area contributed by atoms with Crippen LogP contribution in [-0.4, -0.2) is 25.6 Å². The average molecular weight is 406 g/mol. The number of amidine groups is 1. The van der Waals surface area contributed by atoms with Gasteiger partial charge in [-0.3, -0.25) is 0 Å². The number of methoxy groups -OCH3 is 2. The van der Waals surface area contributed by atoms with Crippen LogP contribution in [0.3, 0.4) is 0 Å². The second-order valence-electron chi connectivity index (χ2n) is 6.15. The van der Waals surface area contributed by atoms with Gasteiger partial charge < -0.3 is 15.2 Å². The molecule has 0 bridgehead atoms. The molecule has 3 rings (SSSR count). The first-order valence-electron chi connectivity index (χ1n) is 9.05. The number of thioether (sulfide) groups is 1. The van der Waals surface area contributed by atoms with E-state index in [1.807, 2.05) is 60.7 Å². The van der Waals surface area contributed by atoms with Gasteiger partial charge in [0, 0.05) is 5.75 Å². The van der Waals surface area contributed by atoms with E-state index in [0.29, 0.717) is 16.7 Å². The Kier molecular flexibility index (Phi) is 7.30. The predicted octanol–water partition coefficient (Wildman–Crippen LogP) is 4.95. The van der Waals surface area contributed by atoms with Crippen molar-refractivity contribution in [1.82, 2.24) is 0 Å². The summed E-state index contributed by atoms with van der Waals surface area (Å²) in [4.78, 5) is 0. The van der Waals surface area contributed by atoms with Gasteiger partial charge in [0.1, 0.15) is 0 Å². The van der Waals surface area contributed by atoms with Crippen molar-refractivity contribution in [3.05, 3.63) is 83.9 Å². The first-order valence-corrected chi connectivity index (χ1v) is 10.0. The van der Waals surface area contributed by atoms with Crippen LogP contribution in [0.15, 0.2) is 83.0 Å². The van der Waals surface area contributed by atoms with Crippen molar-refractivity contribution in [3.8, 4) is 22.6 Å². The molecule has 0 radical (unpaired) electrons. The monoisotopic (exact) mass is 405 g/mol. The van der Waals surface area contributed by atoms with E-state index in [-0.39, 0.29) is 0 Å². The topological polar surface area (TPSA) is 69.2 Å². The van der Waals surface area contributed by atoms with Crippen LogP contribution in [0.4, 0.5) is 0 Å². The Bertz CT molecular complexity index is 1000. The standard InChI is InChI=1S/C23H23N3O2S/c1-27-21-12-11-20(14-22(21)28-2)19-10-6-9-18(13-19)15-25-26-23(24)29-16-17-7-4-3-5-8-17/h3-15H,16H2,1-2H3,(H2,24,26). The third-order valence-corrected chi connectivity index (χ3v) is 5.05. The number of hydrogen-bond acceptors (Lipinski definition) is 5. The summed E-state index contributed by atoms with van der Waals surface area (Å²) in [6, 6.07) is 24.0. The molecular weight excluding hydrogens is 382 g/mol. The summed E-state index contributed by atoms with van der Waals surface area (Å²) in [6.45, 7) is 0. The summed E-state index contributed by atoms with van der Waals surface area (Å²) in [7, 11) is 3.25. The smallest absolute Gasteiger partial charge is 0.180 e. The summed E-state index contributed by atoms with van der Waals surface area (Å²) in [5, 5.41) is 8.63. The molecule has 2 N–H and O–H groups in total. The van der Waals surface area contributed by atoms with Crippen LogP contribution in [-0.2, 0) is 5.75 Å². The van der Waals surface area contributed by atoms with Crippen molar-refractivity contribution in [1.29, 1.82) is 0 Å². The number of hydrogen-bond donors (Lipinski definition) is 1. The fourth-order valence-electron chi connectivity index (χ4n) is 2.73. The summed E-state index contributed by atoms with van der Waals surface area (Å²) in [5.74, 6) is 2.16. The fourth-order valence-corrected chi connectivity index (χ4v) is 3.34. The van der Waals surface area contributed by atoms with Gasteiger partial charge in [-0.2, -0.15) is 5.10 Å². The summed E-state index contributed by atoms with van der Waals surface area (Å²) in [6.07, 6.45) is 1.69. The molecule has 0 fully saturated rings. The normalized spacial score (nSPS) is 11.6. The van der Waals surface area contributed by atoms with Crippen molar-refractivity contribution in [2.24, 2.45) is 15.9 Å². The minimum Gasteiger partial charge on any atom is -0.493 e. The lowest BCUT2D eigenvalue weighted by Gasteiger charge is -2.10. The highest BCUT2D eigenvalue weighted by molar-refractivity contribution is 8.13. The molecule has 29 heavy (non-hydrogen) atoms. The third kappa shape index (κ3) is 5.86. The van der Waals surface area contributed by atoms with E-state index in [2.05, 4.69) is 22.3 Å². The minimum atomic E-state index is 0.432. The molecule has 0 unspecified atom stereocenters. The van der Waals surface area contributed by atoms with Gasteiger partial charge in [0.05, 0.1) is 20.4 Å². The molecule has 0 amide bonds. The first kappa shape index (κ1) is 20.5. The van der Waals surface area contributed by atoms with Crippen molar-refractivity contribution in [2.45, 2.75) is 5.75 Å². The lowest BCUT2D eigenvalue weighted by atomic mass is 10.0. The maximum absolute atomic E-state index is 5.94. The Hall–Kier alpha value is -3.25. The SMILES string of the molecule is COc1ccc(-c2cccc(C=NN=C(N)SCc3ccccc3)c2)cc1OC. The van der Waals surface area contributed by atoms with Gasteiger partial charge in [0.15, 0.2) is 16.7 Å². The molecule has 0 aliphatic heterocycles. The molecule has 0 aliphatic rings. The van der Waals surface area contributed by atoms with Crippen LogP contribution in [0.25, 0.3) is 11.1 Å². The van der Waals surface area contributed by atoms with Gasteiger partial charge in [0.2, 0.25) is 0 Å². The Labute approximate surface area is 175 Å². The highest BCUT2D eigenvalue weighted by Gasteiger charge is 2.06. The van der Waals surface area contributed by atoms with Crippen LogP contribution in [0.2, 0.25) is 0 Å². The van der Waals surface area contributed by atoms with E-state index in [0.717, 1.165) is 22.4 Å². The van der Waals surface area contributed by atoms with Gasteiger partial charge >= 0.3 is 0 Å². The number of benzene rings is 3. The van der Waals surface area contributed by atoms with Gasteiger partial charge in [-0.15, -0.1) is 5.10 Å². The number of ether oxygens (including phenoxy) is 2. The Balaban J connectivity index is 1.68. The minimum absolute atomic E-state index is 0.432. The van der Waals surface area contributed by atoms with Crippen LogP contribution in [0, 0.1) is 0 Å². The lowest BCUT2D eigenvalue weighted by molar-refractivity contribution is 0.355. The highest BCUT2D eigenvalue weighted by Crippen LogP contribution is 2.32. The number of nitrogens with zero attached hydrogens (tertiary/aromatic N) is 2. The molecule has 3 aromatic rings. The summed E-state index contributed by atoms with van der Waals surface area (Å²) >= 11 is 1.46. The van der Waals surface area contributed by atoms with Crippen molar-refractivity contribution >= 4 is 23.1 Å². The van der Waals surface area contributed by atoms with Crippen LogP contribution in [0.1, 0.15) is 11.1 Å². The van der Waals surface area contributed by atoms with Crippen LogP contribution < -0.4 is 15.2 Å². The first-order chi connectivity index (χ1) is 14.2. The van der Waals surface area contributed by atoms with Crippen molar-refractivity contribution in [3.63, 3.8) is 0 Å². The van der Waals surface area contributed by atoms with Gasteiger partial charge in [0.25, 0.3) is 0 Å².